The van der Waals surface area contributed by atoms with E-state index in [4.69, 9.17) is 5.73 Å². The smallest absolute Gasteiger partial charge is 0.240 e. The van der Waals surface area contributed by atoms with E-state index >= 15 is 0 Å². The van der Waals surface area contributed by atoms with Crippen LogP contribution in [0.4, 0.5) is 10.1 Å². The van der Waals surface area contributed by atoms with Crippen molar-refractivity contribution in [1.82, 2.24) is 10.2 Å². The van der Waals surface area contributed by atoms with Gasteiger partial charge in [-0.05, 0) is 26.0 Å². The zero-order valence-electron chi connectivity index (χ0n) is 10.7. The first-order valence-electron chi connectivity index (χ1n) is 5.99. The molecule has 2 rings (SSSR count). The van der Waals surface area contributed by atoms with Crippen LogP contribution in [0.25, 0.3) is 0 Å². The highest BCUT2D eigenvalue weighted by molar-refractivity contribution is 5.86. The summed E-state index contributed by atoms with van der Waals surface area (Å²) in [6.07, 6.45) is 0. The molecule has 18 heavy (non-hydrogen) atoms. The van der Waals surface area contributed by atoms with E-state index in [1.807, 2.05) is 18.7 Å². The number of carbonyl (C=O) groups excluding carboxylic acids is 1. The van der Waals surface area contributed by atoms with Gasteiger partial charge in [-0.1, -0.05) is 6.07 Å². The number of halogens is 1. The van der Waals surface area contributed by atoms with Crippen LogP contribution in [0.2, 0.25) is 0 Å². The van der Waals surface area contributed by atoms with E-state index in [0.717, 1.165) is 0 Å². The largest absolute Gasteiger partial charge is 0.398 e. The highest BCUT2D eigenvalue weighted by atomic mass is 19.1. The van der Waals surface area contributed by atoms with Gasteiger partial charge in [-0.15, -0.1) is 0 Å². The van der Waals surface area contributed by atoms with Gasteiger partial charge in [-0.25, -0.2) is 4.39 Å². The molecular weight excluding hydrogens is 233 g/mol. The van der Waals surface area contributed by atoms with Gasteiger partial charge in [-0.3, -0.25) is 9.69 Å². The van der Waals surface area contributed by atoms with Crippen molar-refractivity contribution >= 4 is 11.6 Å². The molecule has 98 valence electrons. The average molecular weight is 251 g/mol. The number of hydrogen-bond acceptors (Lipinski definition) is 3. The van der Waals surface area contributed by atoms with Gasteiger partial charge in [0.15, 0.2) is 0 Å². The number of carbonyl (C=O) groups is 1. The summed E-state index contributed by atoms with van der Waals surface area (Å²) in [7, 11) is 0. The number of nitrogen functional groups attached to an aromatic ring is 1. The Morgan fingerprint density at radius 3 is 2.89 bits per heavy atom. The van der Waals surface area contributed by atoms with Gasteiger partial charge in [0, 0.05) is 30.9 Å². The Labute approximate surface area is 106 Å². The first-order valence-corrected chi connectivity index (χ1v) is 5.99. The number of nitrogens with one attached hydrogen (secondary N) is 1. The Balaban J connectivity index is 2.26. The predicted molar refractivity (Wildman–Crippen MR) is 68.3 cm³/mol. The third-order valence-corrected chi connectivity index (χ3v) is 3.52. The number of amides is 1. The number of nitrogens with two attached hydrogens (primary N) is 1. The molecule has 0 bridgehead atoms. The summed E-state index contributed by atoms with van der Waals surface area (Å²) in [5.74, 6) is -0.361. The molecule has 0 atom stereocenters. The van der Waals surface area contributed by atoms with E-state index in [1.54, 1.807) is 12.1 Å². The molecular formula is C13H18FN3O. The zero-order valence-corrected chi connectivity index (χ0v) is 10.7. The fourth-order valence-corrected chi connectivity index (χ4v) is 2.15. The Morgan fingerprint density at radius 1 is 1.50 bits per heavy atom. The van der Waals surface area contributed by atoms with Gasteiger partial charge >= 0.3 is 0 Å². The quantitative estimate of drug-likeness (QED) is 0.774. The molecule has 1 aliphatic rings. The first-order chi connectivity index (χ1) is 8.43. The van der Waals surface area contributed by atoms with Crippen LogP contribution in [-0.4, -0.2) is 29.4 Å². The minimum Gasteiger partial charge on any atom is -0.398 e. The highest BCUT2D eigenvalue weighted by Crippen LogP contribution is 2.24. The molecule has 1 saturated heterocycles. The molecule has 4 nitrogen and oxygen atoms in total. The molecule has 0 radical (unpaired) electrons. The lowest BCUT2D eigenvalue weighted by atomic mass is 9.97. The van der Waals surface area contributed by atoms with Gasteiger partial charge < -0.3 is 11.1 Å². The lowest BCUT2D eigenvalue weighted by Gasteiger charge is -2.41. The van der Waals surface area contributed by atoms with Crippen molar-refractivity contribution in [1.29, 1.82) is 0 Å². The molecule has 1 aliphatic heterocycles. The van der Waals surface area contributed by atoms with Crippen molar-refractivity contribution in [2.75, 3.05) is 18.8 Å². The SMILES string of the molecule is CC1(C)C(=O)NCCN1Cc1c(N)cccc1F. The van der Waals surface area contributed by atoms with Crippen LogP contribution >= 0.6 is 0 Å². The number of anilines is 1. The van der Waals surface area contributed by atoms with Crippen LogP contribution in [0.15, 0.2) is 18.2 Å². The summed E-state index contributed by atoms with van der Waals surface area (Å²) in [4.78, 5) is 13.8. The molecule has 0 aromatic heterocycles. The van der Waals surface area contributed by atoms with Crippen molar-refractivity contribution in [3.63, 3.8) is 0 Å². The molecule has 1 fully saturated rings. The minimum atomic E-state index is -0.646. The summed E-state index contributed by atoms with van der Waals surface area (Å²) >= 11 is 0. The molecule has 1 aromatic carbocycles. The van der Waals surface area contributed by atoms with Crippen LogP contribution in [0.3, 0.4) is 0 Å². The lowest BCUT2D eigenvalue weighted by molar-refractivity contribution is -0.135. The molecule has 5 heteroatoms. The topological polar surface area (TPSA) is 58.4 Å². The lowest BCUT2D eigenvalue weighted by Crippen LogP contribution is -2.61. The highest BCUT2D eigenvalue weighted by Gasteiger charge is 2.37. The number of hydrogen-bond donors (Lipinski definition) is 2. The second-order valence-corrected chi connectivity index (χ2v) is 5.04. The maximum atomic E-state index is 13.7. The second kappa shape index (κ2) is 4.57. The molecule has 1 amide bonds. The summed E-state index contributed by atoms with van der Waals surface area (Å²) in [5.41, 5.74) is 6.03. The van der Waals surface area contributed by atoms with Crippen molar-refractivity contribution in [3.05, 3.63) is 29.6 Å². The summed E-state index contributed by atoms with van der Waals surface area (Å²) in [6, 6.07) is 4.65. The molecule has 0 unspecified atom stereocenters. The fraction of sp³-hybridized carbons (Fsp3) is 0.462. The molecule has 1 aromatic rings. The third kappa shape index (κ3) is 2.18. The van der Waals surface area contributed by atoms with Crippen molar-refractivity contribution in [2.45, 2.75) is 25.9 Å². The van der Waals surface area contributed by atoms with Crippen molar-refractivity contribution in [2.24, 2.45) is 0 Å². The van der Waals surface area contributed by atoms with E-state index in [2.05, 4.69) is 5.32 Å². The zero-order chi connectivity index (χ0) is 13.3. The predicted octanol–water partition coefficient (Wildman–Crippen LogP) is 1.12. The third-order valence-electron chi connectivity index (χ3n) is 3.52. The summed E-state index contributed by atoms with van der Waals surface area (Å²) < 4.78 is 13.7. The number of rotatable bonds is 2. The fourth-order valence-electron chi connectivity index (χ4n) is 2.15. The molecule has 0 spiro atoms. The van der Waals surface area contributed by atoms with Gasteiger partial charge in [0.05, 0.1) is 5.54 Å². The van der Waals surface area contributed by atoms with Crippen molar-refractivity contribution in [3.8, 4) is 0 Å². The number of benzene rings is 1. The molecule has 1 heterocycles. The van der Waals surface area contributed by atoms with Gasteiger partial charge in [-0.2, -0.15) is 0 Å². The Kier molecular flexibility index (Phi) is 3.26. The van der Waals surface area contributed by atoms with Crippen LogP contribution in [0.5, 0.6) is 0 Å². The van der Waals surface area contributed by atoms with Crippen LogP contribution in [0.1, 0.15) is 19.4 Å². The average Bonchev–Trinajstić information content (AvgIpc) is 2.29. The van der Waals surface area contributed by atoms with Gasteiger partial charge in [0.25, 0.3) is 0 Å². The van der Waals surface area contributed by atoms with E-state index in [1.165, 1.54) is 6.07 Å². The Bertz CT molecular complexity index is 453. The van der Waals surface area contributed by atoms with E-state index < -0.39 is 5.54 Å². The first kappa shape index (κ1) is 12.8. The normalized spacial score (nSPS) is 19.6. The summed E-state index contributed by atoms with van der Waals surface area (Å²) in [6.45, 7) is 5.28. The summed E-state index contributed by atoms with van der Waals surface area (Å²) in [5, 5.41) is 2.81. The Hall–Kier alpha value is -1.62. The maximum Gasteiger partial charge on any atom is 0.240 e. The van der Waals surface area contributed by atoms with Gasteiger partial charge in [0.2, 0.25) is 5.91 Å². The van der Waals surface area contributed by atoms with Crippen LogP contribution < -0.4 is 11.1 Å². The number of nitrogens with zero attached hydrogens (tertiary/aromatic N) is 1. The van der Waals surface area contributed by atoms with Crippen molar-refractivity contribution < 1.29 is 9.18 Å². The Morgan fingerprint density at radius 2 is 2.22 bits per heavy atom. The maximum absolute atomic E-state index is 13.7. The van der Waals surface area contributed by atoms with Crippen LogP contribution in [0, 0.1) is 5.82 Å². The van der Waals surface area contributed by atoms with E-state index in [0.29, 0.717) is 30.9 Å². The second-order valence-electron chi connectivity index (χ2n) is 5.04. The molecule has 3 N–H and O–H groups in total. The monoisotopic (exact) mass is 251 g/mol. The van der Waals surface area contributed by atoms with Gasteiger partial charge in [0.1, 0.15) is 5.82 Å². The molecule has 0 saturated carbocycles. The number of piperazine rings is 1. The standard InChI is InChI=1S/C13H18FN3O/c1-13(2)12(18)16-6-7-17(13)8-9-10(14)4-3-5-11(9)15/h3-5H,6-8,15H2,1-2H3,(H,16,18). The molecule has 0 aliphatic carbocycles. The van der Waals surface area contributed by atoms with E-state index in [-0.39, 0.29) is 11.7 Å². The van der Waals surface area contributed by atoms with Crippen LogP contribution in [-0.2, 0) is 11.3 Å². The van der Waals surface area contributed by atoms with E-state index in [9.17, 15) is 9.18 Å². The minimum absolute atomic E-state index is 0.0383.